The Hall–Kier alpha value is -0.170. The van der Waals surface area contributed by atoms with Crippen LogP contribution < -0.4 is 0 Å². The third-order valence-corrected chi connectivity index (χ3v) is 2.27. The predicted molar refractivity (Wildman–Crippen MR) is 49.6 cm³/mol. The molecule has 1 unspecified atom stereocenters. The molecule has 1 atom stereocenters. The average Bonchev–Trinajstić information content (AvgIpc) is 2.02. The van der Waals surface area contributed by atoms with Gasteiger partial charge in [0.05, 0.1) is 0 Å². The second kappa shape index (κ2) is 5.54. The molecule has 13 heavy (non-hydrogen) atoms. The van der Waals surface area contributed by atoms with Gasteiger partial charge in [-0.05, 0) is 19.5 Å². The molecule has 5 nitrogen and oxygen atoms in total. The first-order chi connectivity index (χ1) is 5.94. The van der Waals surface area contributed by atoms with Gasteiger partial charge in [-0.2, -0.15) is 8.42 Å². The van der Waals surface area contributed by atoms with Gasteiger partial charge < -0.3 is 0 Å². The number of hydrogen-bond donors (Lipinski definition) is 1. The van der Waals surface area contributed by atoms with Crippen molar-refractivity contribution < 1.29 is 17.2 Å². The molecular weight excluding hydrogens is 194 g/mol. The molecule has 0 aliphatic heterocycles. The zero-order chi connectivity index (χ0) is 10.5. The maximum Gasteiger partial charge on any atom is 0.398 e. The van der Waals surface area contributed by atoms with E-state index in [-0.39, 0.29) is 0 Å². The molecule has 0 bridgehead atoms. The minimum atomic E-state index is -4.34. The molecule has 0 aromatic carbocycles. The first kappa shape index (κ1) is 12.8. The van der Waals surface area contributed by atoms with Crippen LogP contribution in [0.3, 0.4) is 0 Å². The van der Waals surface area contributed by atoms with Gasteiger partial charge in [-0.1, -0.05) is 20.8 Å². The van der Waals surface area contributed by atoms with Crippen LogP contribution in [-0.2, 0) is 14.6 Å². The van der Waals surface area contributed by atoms with Gasteiger partial charge in [-0.25, -0.2) is 4.18 Å². The molecule has 0 aromatic rings. The molecule has 0 saturated heterocycles. The highest BCUT2D eigenvalue weighted by atomic mass is 32.3. The number of hydrogen-bond acceptors (Lipinski definition) is 4. The van der Waals surface area contributed by atoms with Gasteiger partial charge in [0.25, 0.3) is 0 Å². The Kier molecular flexibility index (Phi) is 5.46. The van der Waals surface area contributed by atoms with E-state index in [1.807, 2.05) is 18.7 Å². The Morgan fingerprint density at radius 3 is 2.00 bits per heavy atom. The highest BCUT2D eigenvalue weighted by molar-refractivity contribution is 7.80. The summed E-state index contributed by atoms with van der Waals surface area (Å²) in [4.78, 5) is 1.81. The first-order valence-corrected chi connectivity index (χ1v) is 5.70. The minimum Gasteiger partial charge on any atom is -0.278 e. The monoisotopic (exact) mass is 211 g/mol. The van der Waals surface area contributed by atoms with Gasteiger partial charge in [0, 0.05) is 0 Å². The molecule has 6 heteroatoms. The highest BCUT2D eigenvalue weighted by Gasteiger charge is 2.19. The van der Waals surface area contributed by atoms with Gasteiger partial charge in [0.1, 0.15) is 6.23 Å². The van der Waals surface area contributed by atoms with Crippen LogP contribution in [0.4, 0.5) is 0 Å². The molecule has 0 aliphatic rings. The summed E-state index contributed by atoms with van der Waals surface area (Å²) in [5, 5.41) is 0. The number of nitrogens with zero attached hydrogens (tertiary/aromatic N) is 1. The predicted octanol–water partition coefficient (Wildman–Crippen LogP) is 0.884. The zero-order valence-electron chi connectivity index (χ0n) is 8.23. The van der Waals surface area contributed by atoms with Crippen molar-refractivity contribution in [1.29, 1.82) is 0 Å². The van der Waals surface area contributed by atoms with Crippen LogP contribution in [0.15, 0.2) is 0 Å². The molecular formula is C7H17NO4S. The Bertz CT molecular complexity index is 223. The van der Waals surface area contributed by atoms with E-state index in [0.717, 1.165) is 0 Å². The van der Waals surface area contributed by atoms with Crippen LogP contribution in [0, 0.1) is 0 Å². The largest absolute Gasteiger partial charge is 0.398 e. The van der Waals surface area contributed by atoms with Gasteiger partial charge in [-0.15, -0.1) is 0 Å². The second-order valence-corrected chi connectivity index (χ2v) is 3.66. The zero-order valence-corrected chi connectivity index (χ0v) is 9.04. The van der Waals surface area contributed by atoms with Crippen molar-refractivity contribution in [1.82, 2.24) is 4.90 Å². The van der Waals surface area contributed by atoms with Crippen LogP contribution in [-0.4, -0.2) is 37.2 Å². The van der Waals surface area contributed by atoms with Gasteiger partial charge in [-0.3, -0.25) is 9.45 Å². The average molecular weight is 211 g/mol. The van der Waals surface area contributed by atoms with E-state index in [1.165, 1.54) is 0 Å². The van der Waals surface area contributed by atoms with Crippen molar-refractivity contribution in [3.8, 4) is 0 Å². The topological polar surface area (TPSA) is 66.8 Å². The normalized spacial score (nSPS) is 14.8. The van der Waals surface area contributed by atoms with E-state index in [9.17, 15) is 8.42 Å². The molecule has 80 valence electrons. The number of rotatable bonds is 6. The quantitative estimate of drug-likeness (QED) is 0.522. The summed E-state index contributed by atoms with van der Waals surface area (Å²) in [6.45, 7) is 6.97. The lowest BCUT2D eigenvalue weighted by molar-refractivity contribution is 0.0261. The van der Waals surface area contributed by atoms with Crippen LogP contribution >= 0.6 is 0 Å². The standard InChI is InChI=1S/C7H17NO4S/c1-4-7(8(5-2)6-3)12-13(9,10)11/h7H,4-6H2,1-3H3,(H,9,10,11). The lowest BCUT2D eigenvalue weighted by atomic mass is 10.3. The van der Waals surface area contributed by atoms with E-state index in [1.54, 1.807) is 6.92 Å². The molecule has 0 rings (SSSR count). The van der Waals surface area contributed by atoms with Crippen LogP contribution in [0.25, 0.3) is 0 Å². The Morgan fingerprint density at radius 2 is 1.77 bits per heavy atom. The molecule has 1 N–H and O–H groups in total. The maximum absolute atomic E-state index is 10.4. The summed E-state index contributed by atoms with van der Waals surface area (Å²) in [6, 6.07) is 0. The molecule has 0 aromatic heterocycles. The summed E-state index contributed by atoms with van der Waals surface area (Å²) in [6.07, 6.45) is -0.0495. The Labute approximate surface area is 79.6 Å². The summed E-state index contributed by atoms with van der Waals surface area (Å²) < 4.78 is 33.9. The summed E-state index contributed by atoms with van der Waals surface area (Å²) in [5.74, 6) is 0. The third-order valence-electron chi connectivity index (χ3n) is 1.80. The molecule has 0 amide bonds. The van der Waals surface area contributed by atoms with Gasteiger partial charge in [0.2, 0.25) is 0 Å². The Balaban J connectivity index is 4.32. The maximum atomic E-state index is 10.4. The lowest BCUT2D eigenvalue weighted by Crippen LogP contribution is -2.37. The fraction of sp³-hybridized carbons (Fsp3) is 1.00. The summed E-state index contributed by atoms with van der Waals surface area (Å²) in [5.41, 5.74) is 0. The molecule has 0 aliphatic carbocycles. The highest BCUT2D eigenvalue weighted by Crippen LogP contribution is 2.07. The van der Waals surface area contributed by atoms with Crippen molar-refractivity contribution in [2.24, 2.45) is 0 Å². The molecule has 0 spiro atoms. The SMILES string of the molecule is CCC(OS(=O)(=O)O)N(CC)CC. The summed E-state index contributed by atoms with van der Waals surface area (Å²) in [7, 11) is -4.34. The molecule has 0 fully saturated rings. The van der Waals surface area contributed by atoms with E-state index in [2.05, 4.69) is 4.18 Å². The van der Waals surface area contributed by atoms with E-state index < -0.39 is 16.6 Å². The fourth-order valence-corrected chi connectivity index (χ4v) is 1.70. The first-order valence-electron chi connectivity index (χ1n) is 4.34. The van der Waals surface area contributed by atoms with Crippen LogP contribution in [0.5, 0.6) is 0 Å². The summed E-state index contributed by atoms with van der Waals surface area (Å²) >= 11 is 0. The van der Waals surface area contributed by atoms with Crippen molar-refractivity contribution in [2.45, 2.75) is 33.4 Å². The third kappa shape index (κ3) is 5.20. The van der Waals surface area contributed by atoms with Crippen molar-refractivity contribution >= 4 is 10.4 Å². The molecule has 0 saturated carbocycles. The minimum absolute atomic E-state index is 0.515. The van der Waals surface area contributed by atoms with E-state index in [0.29, 0.717) is 19.5 Å². The van der Waals surface area contributed by atoms with Crippen molar-refractivity contribution in [3.05, 3.63) is 0 Å². The van der Waals surface area contributed by atoms with Crippen LogP contribution in [0.1, 0.15) is 27.2 Å². The van der Waals surface area contributed by atoms with Crippen LogP contribution in [0.2, 0.25) is 0 Å². The van der Waals surface area contributed by atoms with E-state index >= 15 is 0 Å². The molecule has 0 radical (unpaired) electrons. The lowest BCUT2D eigenvalue weighted by Gasteiger charge is -2.26. The molecule has 0 heterocycles. The second-order valence-electron chi connectivity index (χ2n) is 2.61. The van der Waals surface area contributed by atoms with Crippen molar-refractivity contribution in [3.63, 3.8) is 0 Å². The fourth-order valence-electron chi connectivity index (χ4n) is 1.16. The van der Waals surface area contributed by atoms with Gasteiger partial charge >= 0.3 is 10.4 Å². The smallest absolute Gasteiger partial charge is 0.278 e. The van der Waals surface area contributed by atoms with E-state index in [4.69, 9.17) is 4.55 Å². The Morgan fingerprint density at radius 1 is 1.31 bits per heavy atom. The van der Waals surface area contributed by atoms with Crippen molar-refractivity contribution in [2.75, 3.05) is 13.1 Å². The van der Waals surface area contributed by atoms with Gasteiger partial charge in [0.15, 0.2) is 0 Å².